The Balaban J connectivity index is 2.12. The third kappa shape index (κ3) is 2.58. The molecule has 2 rings (SSSR count). The van der Waals surface area contributed by atoms with Crippen molar-refractivity contribution in [1.82, 2.24) is 0 Å². The quantitative estimate of drug-likeness (QED) is 0.447. The Kier molecular flexibility index (Phi) is 3.54. The van der Waals surface area contributed by atoms with Gasteiger partial charge >= 0.3 is 5.97 Å². The van der Waals surface area contributed by atoms with E-state index in [1.165, 1.54) is 6.92 Å². The van der Waals surface area contributed by atoms with Crippen molar-refractivity contribution in [3.05, 3.63) is 12.2 Å². The standard InChI is InChI=1S/C16H26O3/c1-10-9-14-16(6,19-14)13(15(10,4)5)8-7-11(2)18-12(3)17/h7-8,10-11,13-14H,9H2,1-6H3/b8-7+/t10-,11+,13-,14-,16+/m0/s1. The number of carbonyl (C=O) groups is 1. The van der Waals surface area contributed by atoms with Gasteiger partial charge in [0.2, 0.25) is 0 Å². The summed E-state index contributed by atoms with van der Waals surface area (Å²) in [6, 6.07) is 0. The van der Waals surface area contributed by atoms with Crippen molar-refractivity contribution in [2.24, 2.45) is 17.3 Å². The number of epoxide rings is 1. The van der Waals surface area contributed by atoms with Gasteiger partial charge in [-0.2, -0.15) is 0 Å². The molecule has 1 saturated heterocycles. The zero-order valence-electron chi connectivity index (χ0n) is 12.9. The maximum Gasteiger partial charge on any atom is 0.303 e. The molecular weight excluding hydrogens is 240 g/mol. The van der Waals surface area contributed by atoms with E-state index in [4.69, 9.17) is 9.47 Å². The van der Waals surface area contributed by atoms with Crippen LogP contribution in [0.4, 0.5) is 0 Å². The fourth-order valence-corrected chi connectivity index (χ4v) is 3.51. The van der Waals surface area contributed by atoms with E-state index in [1.807, 2.05) is 13.0 Å². The normalized spacial score (nSPS) is 41.7. The summed E-state index contributed by atoms with van der Waals surface area (Å²) in [7, 11) is 0. The molecule has 5 atom stereocenters. The Morgan fingerprint density at radius 2 is 2.05 bits per heavy atom. The Hall–Kier alpha value is -0.830. The Bertz CT molecular complexity index is 399. The first-order valence-corrected chi connectivity index (χ1v) is 7.21. The minimum atomic E-state index is -0.236. The van der Waals surface area contributed by atoms with Crippen LogP contribution in [0.5, 0.6) is 0 Å². The molecule has 0 spiro atoms. The lowest BCUT2D eigenvalue weighted by atomic mass is 9.59. The fourth-order valence-electron chi connectivity index (χ4n) is 3.51. The molecule has 0 radical (unpaired) electrons. The summed E-state index contributed by atoms with van der Waals surface area (Å²) < 4.78 is 11.1. The van der Waals surface area contributed by atoms with Crippen molar-refractivity contribution in [2.75, 3.05) is 0 Å². The van der Waals surface area contributed by atoms with E-state index in [9.17, 15) is 4.79 Å². The molecule has 0 aromatic rings. The molecule has 0 N–H and O–H groups in total. The third-order valence-corrected chi connectivity index (χ3v) is 5.16. The van der Waals surface area contributed by atoms with E-state index in [0.717, 1.165) is 6.42 Å². The lowest BCUT2D eigenvalue weighted by Gasteiger charge is -2.43. The summed E-state index contributed by atoms with van der Waals surface area (Å²) in [5.41, 5.74) is 0.177. The van der Waals surface area contributed by atoms with Crippen LogP contribution in [0.3, 0.4) is 0 Å². The number of esters is 1. The smallest absolute Gasteiger partial charge is 0.303 e. The van der Waals surface area contributed by atoms with E-state index < -0.39 is 0 Å². The second-order valence-corrected chi connectivity index (χ2v) is 6.93. The van der Waals surface area contributed by atoms with Crippen LogP contribution < -0.4 is 0 Å². The van der Waals surface area contributed by atoms with Gasteiger partial charge in [0.25, 0.3) is 0 Å². The highest BCUT2D eigenvalue weighted by molar-refractivity contribution is 5.66. The maximum absolute atomic E-state index is 10.9. The molecular formula is C16H26O3. The minimum absolute atomic E-state index is 0.0253. The minimum Gasteiger partial charge on any atom is -0.459 e. The Morgan fingerprint density at radius 1 is 1.42 bits per heavy atom. The average Bonchev–Trinajstić information content (AvgIpc) is 2.87. The highest BCUT2D eigenvalue weighted by atomic mass is 16.6. The largest absolute Gasteiger partial charge is 0.459 e. The van der Waals surface area contributed by atoms with Crippen molar-refractivity contribution in [2.45, 2.75) is 65.8 Å². The van der Waals surface area contributed by atoms with Gasteiger partial charge in [0.15, 0.2) is 0 Å². The number of ether oxygens (including phenoxy) is 2. The zero-order valence-corrected chi connectivity index (χ0v) is 12.9. The van der Waals surface area contributed by atoms with Gasteiger partial charge < -0.3 is 9.47 Å². The number of hydrogen-bond acceptors (Lipinski definition) is 3. The molecule has 19 heavy (non-hydrogen) atoms. The topological polar surface area (TPSA) is 38.8 Å². The van der Waals surface area contributed by atoms with Crippen molar-refractivity contribution in [3.8, 4) is 0 Å². The fraction of sp³-hybridized carbons (Fsp3) is 0.812. The predicted molar refractivity (Wildman–Crippen MR) is 74.7 cm³/mol. The van der Waals surface area contributed by atoms with Crippen LogP contribution in [-0.2, 0) is 14.3 Å². The summed E-state index contributed by atoms with van der Waals surface area (Å²) in [5, 5.41) is 0. The first-order valence-electron chi connectivity index (χ1n) is 7.21. The first kappa shape index (κ1) is 14.6. The lowest BCUT2D eigenvalue weighted by Crippen LogP contribution is -2.44. The van der Waals surface area contributed by atoms with E-state index in [-0.39, 0.29) is 23.1 Å². The SMILES string of the molecule is CC(=O)O[C@H](C)/C=C/[C@H]1C(C)(C)[C@@H](C)C[C@@H]2O[C@@]21C. The lowest BCUT2D eigenvalue weighted by molar-refractivity contribution is -0.143. The summed E-state index contributed by atoms with van der Waals surface area (Å²) in [4.78, 5) is 10.9. The van der Waals surface area contributed by atoms with Crippen LogP contribution in [-0.4, -0.2) is 23.8 Å². The zero-order chi connectivity index (χ0) is 14.4. The van der Waals surface area contributed by atoms with Gasteiger partial charge in [-0.1, -0.05) is 26.8 Å². The molecule has 1 saturated carbocycles. The monoisotopic (exact) mass is 266 g/mol. The van der Waals surface area contributed by atoms with Gasteiger partial charge in [0.1, 0.15) is 6.10 Å². The highest BCUT2D eigenvalue weighted by Crippen LogP contribution is 2.60. The number of carbonyl (C=O) groups excluding carboxylic acids is 1. The van der Waals surface area contributed by atoms with Crippen LogP contribution in [0.25, 0.3) is 0 Å². The predicted octanol–water partition coefficient (Wildman–Crippen LogP) is 3.33. The van der Waals surface area contributed by atoms with E-state index in [1.54, 1.807) is 0 Å². The van der Waals surface area contributed by atoms with Crippen molar-refractivity contribution in [1.29, 1.82) is 0 Å². The van der Waals surface area contributed by atoms with Gasteiger partial charge in [-0.3, -0.25) is 4.79 Å². The molecule has 0 bridgehead atoms. The maximum atomic E-state index is 10.9. The first-order chi connectivity index (χ1) is 8.68. The second-order valence-electron chi connectivity index (χ2n) is 6.93. The Morgan fingerprint density at radius 3 is 2.63 bits per heavy atom. The van der Waals surface area contributed by atoms with Crippen LogP contribution in [0, 0.1) is 17.3 Å². The summed E-state index contributed by atoms with van der Waals surface area (Å²) in [5.74, 6) is 0.763. The summed E-state index contributed by atoms with van der Waals surface area (Å²) >= 11 is 0. The van der Waals surface area contributed by atoms with Crippen LogP contribution >= 0.6 is 0 Å². The van der Waals surface area contributed by atoms with Crippen molar-refractivity contribution < 1.29 is 14.3 Å². The Labute approximate surface area is 116 Å². The molecule has 3 heteroatoms. The second kappa shape index (κ2) is 4.62. The highest BCUT2D eigenvalue weighted by Gasteiger charge is 2.65. The molecule has 0 amide bonds. The van der Waals surface area contributed by atoms with Crippen LogP contribution in [0.2, 0.25) is 0 Å². The molecule has 2 fully saturated rings. The molecule has 1 aliphatic heterocycles. The molecule has 108 valence electrons. The van der Waals surface area contributed by atoms with Gasteiger partial charge in [0, 0.05) is 12.8 Å². The van der Waals surface area contributed by atoms with Gasteiger partial charge in [0.05, 0.1) is 11.7 Å². The third-order valence-electron chi connectivity index (χ3n) is 5.16. The van der Waals surface area contributed by atoms with Gasteiger partial charge in [-0.25, -0.2) is 0 Å². The molecule has 1 heterocycles. The average molecular weight is 266 g/mol. The number of hydrogen-bond donors (Lipinski definition) is 0. The number of rotatable bonds is 3. The molecule has 3 nitrogen and oxygen atoms in total. The van der Waals surface area contributed by atoms with Crippen LogP contribution in [0.15, 0.2) is 12.2 Å². The summed E-state index contributed by atoms with van der Waals surface area (Å²) in [6.45, 7) is 12.5. The van der Waals surface area contributed by atoms with Gasteiger partial charge in [-0.15, -0.1) is 0 Å². The van der Waals surface area contributed by atoms with E-state index in [2.05, 4.69) is 33.8 Å². The van der Waals surface area contributed by atoms with Gasteiger partial charge in [-0.05, 0) is 37.7 Å². The number of fused-ring (bicyclic) bond motifs is 1. The molecule has 0 aromatic heterocycles. The molecule has 0 aromatic carbocycles. The molecule has 2 aliphatic rings. The molecule has 1 aliphatic carbocycles. The van der Waals surface area contributed by atoms with Crippen LogP contribution in [0.1, 0.15) is 48.0 Å². The van der Waals surface area contributed by atoms with Crippen molar-refractivity contribution in [3.63, 3.8) is 0 Å². The van der Waals surface area contributed by atoms with E-state index in [0.29, 0.717) is 17.9 Å². The van der Waals surface area contributed by atoms with Crippen molar-refractivity contribution >= 4 is 5.97 Å². The van der Waals surface area contributed by atoms with E-state index >= 15 is 0 Å². The summed E-state index contributed by atoms with van der Waals surface area (Å²) in [6.07, 6.45) is 5.56. The molecule has 0 unspecified atom stereocenters.